The molecule has 2 aromatic rings. The molecule has 1 fully saturated rings. The molecule has 1 saturated carbocycles. The van der Waals surface area contributed by atoms with Crippen LogP contribution in [0.5, 0.6) is 0 Å². The van der Waals surface area contributed by atoms with Crippen LogP contribution in [0.15, 0.2) is 22.5 Å². The number of nitrogens with one attached hydrogen (secondary N) is 2. The second-order valence-electron chi connectivity index (χ2n) is 6.65. The van der Waals surface area contributed by atoms with Gasteiger partial charge in [-0.2, -0.15) is 0 Å². The van der Waals surface area contributed by atoms with Crippen LogP contribution in [0.3, 0.4) is 0 Å². The van der Waals surface area contributed by atoms with Crippen LogP contribution >= 0.6 is 23.1 Å². The second kappa shape index (κ2) is 9.37. The Hall–Kier alpha value is -1.60. The predicted molar refractivity (Wildman–Crippen MR) is 109 cm³/mol. The van der Waals surface area contributed by atoms with Gasteiger partial charge >= 0.3 is 0 Å². The van der Waals surface area contributed by atoms with Crippen molar-refractivity contribution in [2.75, 3.05) is 11.1 Å². The molecular weight excluding hydrogens is 366 g/mol. The van der Waals surface area contributed by atoms with Crippen LogP contribution in [0.1, 0.15) is 51.9 Å². The van der Waals surface area contributed by atoms with Gasteiger partial charge in [-0.05, 0) is 37.5 Å². The van der Waals surface area contributed by atoms with Gasteiger partial charge in [0.25, 0.3) is 0 Å². The second-order valence-corrected chi connectivity index (χ2v) is 8.90. The number of carbonyl (C=O) groups excluding carboxylic acids is 2. The van der Waals surface area contributed by atoms with Crippen molar-refractivity contribution in [2.45, 2.75) is 62.3 Å². The van der Waals surface area contributed by atoms with E-state index in [1.165, 1.54) is 31.0 Å². The summed E-state index contributed by atoms with van der Waals surface area (Å²) in [6.45, 7) is 1.99. The van der Waals surface area contributed by atoms with Crippen LogP contribution in [-0.2, 0) is 9.59 Å². The number of fused-ring (bicyclic) bond motifs is 1. The molecule has 0 atom stereocenters. The number of hydrogen-bond donors (Lipinski definition) is 2. The van der Waals surface area contributed by atoms with Gasteiger partial charge in [-0.25, -0.2) is 4.98 Å². The molecule has 1 aliphatic carbocycles. The number of hydrogen-bond acceptors (Lipinski definition) is 5. The summed E-state index contributed by atoms with van der Waals surface area (Å²) in [7, 11) is 0. The standard InChI is InChI=1S/C19H25N3O2S2/c1-2-6-17(23)21-14-9-10-15-16(11-14)26-19(22-15)25-12-18(24)20-13-7-4-3-5-8-13/h9-11,13H,2-8,12H2,1H3,(H,20,24)(H,21,23). The molecule has 3 rings (SSSR count). The minimum atomic E-state index is 0.0327. The summed E-state index contributed by atoms with van der Waals surface area (Å²) in [5.74, 6) is 0.523. The van der Waals surface area contributed by atoms with Crippen LogP contribution in [0.25, 0.3) is 10.2 Å². The van der Waals surface area contributed by atoms with Gasteiger partial charge in [-0.3, -0.25) is 9.59 Å². The minimum absolute atomic E-state index is 0.0327. The number of nitrogens with zero attached hydrogens (tertiary/aromatic N) is 1. The fourth-order valence-electron chi connectivity index (χ4n) is 3.14. The van der Waals surface area contributed by atoms with Crippen LogP contribution in [0, 0.1) is 0 Å². The molecule has 0 spiro atoms. The van der Waals surface area contributed by atoms with E-state index in [0.29, 0.717) is 18.2 Å². The van der Waals surface area contributed by atoms with E-state index in [0.717, 1.165) is 39.5 Å². The molecule has 5 nitrogen and oxygen atoms in total. The number of thiazole rings is 1. The quantitative estimate of drug-likeness (QED) is 0.678. The van der Waals surface area contributed by atoms with Gasteiger partial charge in [0.05, 0.1) is 16.0 Å². The highest BCUT2D eigenvalue weighted by Crippen LogP contribution is 2.31. The number of thioether (sulfide) groups is 1. The Balaban J connectivity index is 1.54. The maximum atomic E-state index is 12.1. The van der Waals surface area contributed by atoms with E-state index in [1.807, 2.05) is 25.1 Å². The number of benzene rings is 1. The van der Waals surface area contributed by atoms with E-state index < -0.39 is 0 Å². The first kappa shape index (κ1) is 19.2. The van der Waals surface area contributed by atoms with E-state index in [2.05, 4.69) is 15.6 Å². The van der Waals surface area contributed by atoms with Crippen molar-refractivity contribution in [2.24, 2.45) is 0 Å². The van der Waals surface area contributed by atoms with Crippen molar-refractivity contribution in [3.05, 3.63) is 18.2 Å². The molecular formula is C19H25N3O2S2. The van der Waals surface area contributed by atoms with Gasteiger partial charge in [-0.1, -0.05) is 37.9 Å². The van der Waals surface area contributed by atoms with Crippen molar-refractivity contribution < 1.29 is 9.59 Å². The third-order valence-corrected chi connectivity index (χ3v) is 6.59. The molecule has 1 aromatic carbocycles. The largest absolute Gasteiger partial charge is 0.353 e. The van der Waals surface area contributed by atoms with Crippen molar-refractivity contribution in [1.82, 2.24) is 10.3 Å². The van der Waals surface area contributed by atoms with Gasteiger partial charge in [0, 0.05) is 18.2 Å². The SMILES string of the molecule is CCCC(=O)Nc1ccc2nc(SCC(=O)NC3CCCCC3)sc2c1. The van der Waals surface area contributed by atoms with Crippen molar-refractivity contribution in [1.29, 1.82) is 0 Å². The Bertz CT molecular complexity index is 769. The first-order valence-corrected chi connectivity index (χ1v) is 11.1. The topological polar surface area (TPSA) is 71.1 Å². The van der Waals surface area contributed by atoms with Crippen molar-refractivity contribution in [3.8, 4) is 0 Å². The Morgan fingerprint density at radius 1 is 1.23 bits per heavy atom. The molecule has 1 aromatic heterocycles. The Morgan fingerprint density at radius 2 is 2.04 bits per heavy atom. The highest BCUT2D eigenvalue weighted by Gasteiger charge is 2.16. The summed E-state index contributed by atoms with van der Waals surface area (Å²) < 4.78 is 1.91. The van der Waals surface area contributed by atoms with E-state index in [-0.39, 0.29) is 11.8 Å². The van der Waals surface area contributed by atoms with Gasteiger partial charge in [-0.15, -0.1) is 11.3 Å². The zero-order chi connectivity index (χ0) is 18.4. The average molecular weight is 392 g/mol. The number of amides is 2. The molecule has 0 unspecified atom stereocenters. The van der Waals surface area contributed by atoms with E-state index in [4.69, 9.17) is 0 Å². The summed E-state index contributed by atoms with van der Waals surface area (Å²) in [6, 6.07) is 6.09. The summed E-state index contributed by atoms with van der Waals surface area (Å²) >= 11 is 3.04. The lowest BCUT2D eigenvalue weighted by molar-refractivity contribution is -0.119. The smallest absolute Gasteiger partial charge is 0.230 e. The fourth-order valence-corrected chi connectivity index (χ4v) is 5.06. The van der Waals surface area contributed by atoms with Crippen molar-refractivity contribution in [3.63, 3.8) is 0 Å². The molecule has 0 bridgehead atoms. The maximum Gasteiger partial charge on any atom is 0.230 e. The zero-order valence-electron chi connectivity index (χ0n) is 15.0. The third-order valence-electron chi connectivity index (χ3n) is 4.43. The first-order valence-electron chi connectivity index (χ1n) is 9.26. The Kier molecular flexibility index (Phi) is 6.91. The molecule has 0 aliphatic heterocycles. The molecule has 7 heteroatoms. The summed E-state index contributed by atoms with van der Waals surface area (Å²) in [5, 5.41) is 6.04. The lowest BCUT2D eigenvalue weighted by Crippen LogP contribution is -2.37. The maximum absolute atomic E-state index is 12.1. The number of aromatic nitrogens is 1. The third kappa shape index (κ3) is 5.45. The van der Waals surface area contributed by atoms with Gasteiger partial charge in [0.1, 0.15) is 0 Å². The average Bonchev–Trinajstić information content (AvgIpc) is 3.03. The van der Waals surface area contributed by atoms with E-state index in [9.17, 15) is 9.59 Å². The van der Waals surface area contributed by atoms with Crippen LogP contribution in [-0.4, -0.2) is 28.6 Å². The normalized spacial score (nSPS) is 15.1. The zero-order valence-corrected chi connectivity index (χ0v) is 16.7. The summed E-state index contributed by atoms with van der Waals surface area (Å²) in [4.78, 5) is 28.4. The number of carbonyl (C=O) groups is 2. The van der Waals surface area contributed by atoms with Gasteiger partial charge in [0.15, 0.2) is 4.34 Å². The van der Waals surface area contributed by atoms with Crippen LogP contribution in [0.2, 0.25) is 0 Å². The summed E-state index contributed by atoms with van der Waals surface area (Å²) in [5.41, 5.74) is 1.70. The lowest BCUT2D eigenvalue weighted by Gasteiger charge is -2.22. The van der Waals surface area contributed by atoms with Crippen LogP contribution < -0.4 is 10.6 Å². The number of rotatable bonds is 7. The van der Waals surface area contributed by atoms with Crippen LogP contribution in [0.4, 0.5) is 5.69 Å². The molecule has 1 aliphatic rings. The van der Waals surface area contributed by atoms with E-state index in [1.54, 1.807) is 11.3 Å². The lowest BCUT2D eigenvalue weighted by atomic mass is 9.95. The molecule has 0 saturated heterocycles. The molecule has 26 heavy (non-hydrogen) atoms. The van der Waals surface area contributed by atoms with Crippen molar-refractivity contribution >= 4 is 50.8 Å². The Morgan fingerprint density at radius 3 is 2.81 bits per heavy atom. The van der Waals surface area contributed by atoms with Gasteiger partial charge in [0.2, 0.25) is 11.8 Å². The minimum Gasteiger partial charge on any atom is -0.353 e. The summed E-state index contributed by atoms with van der Waals surface area (Å²) in [6.07, 6.45) is 7.28. The molecule has 2 amide bonds. The number of anilines is 1. The first-order chi connectivity index (χ1) is 12.6. The van der Waals surface area contributed by atoms with Gasteiger partial charge < -0.3 is 10.6 Å². The highest BCUT2D eigenvalue weighted by molar-refractivity contribution is 8.01. The molecule has 2 N–H and O–H groups in total. The molecule has 1 heterocycles. The fraction of sp³-hybridized carbons (Fsp3) is 0.526. The molecule has 0 radical (unpaired) electrons. The Labute approximate surface area is 162 Å². The monoisotopic (exact) mass is 391 g/mol. The van der Waals surface area contributed by atoms with E-state index >= 15 is 0 Å². The molecule has 140 valence electrons. The highest BCUT2D eigenvalue weighted by atomic mass is 32.2. The predicted octanol–water partition coefficient (Wildman–Crippen LogP) is 4.58.